The minimum absolute atomic E-state index is 0. The number of aliphatic imine (C=N–C) groups is 8. The molecule has 0 saturated heterocycles. The van der Waals surface area contributed by atoms with E-state index in [4.69, 9.17) is 70.2 Å². The van der Waals surface area contributed by atoms with Gasteiger partial charge in [0.2, 0.25) is 0 Å². The van der Waals surface area contributed by atoms with E-state index in [0.717, 1.165) is 120 Å². The van der Waals surface area contributed by atoms with Crippen LogP contribution in [0.2, 0.25) is 0 Å². The van der Waals surface area contributed by atoms with Gasteiger partial charge in [-0.15, -0.1) is 0 Å². The second-order valence-electron chi connectivity index (χ2n) is 37.6. The van der Waals surface area contributed by atoms with E-state index in [1.807, 2.05) is 100 Å². The van der Waals surface area contributed by atoms with Gasteiger partial charge in [0, 0.05) is 39.1 Å². The predicted molar refractivity (Wildman–Crippen MR) is 487 cm³/mol. The summed E-state index contributed by atoms with van der Waals surface area (Å²) in [4.78, 5) is 67.5. The van der Waals surface area contributed by atoms with Crippen LogP contribution in [0.25, 0.3) is 71.3 Å². The fraction of sp³-hybridized carbons (Fsp3) is 0.240. The Balaban J connectivity index is 0.000000147. The van der Waals surface area contributed by atoms with Crippen LogP contribution in [-0.4, -0.2) is 92.3 Å². The molecule has 11 heterocycles. The van der Waals surface area contributed by atoms with E-state index in [2.05, 4.69) is 260 Å². The molecule has 10 aromatic carbocycles. The number of hydrogen-bond acceptors (Lipinski definition) is 15. The predicted octanol–water partition coefficient (Wildman–Crippen LogP) is 17.5. The van der Waals surface area contributed by atoms with Gasteiger partial charge in [-0.1, -0.05) is 226 Å². The molecule has 11 aliphatic rings. The van der Waals surface area contributed by atoms with Crippen LogP contribution in [0.4, 0.5) is 0 Å². The Hall–Kier alpha value is -11.8. The van der Waals surface area contributed by atoms with Crippen molar-refractivity contribution >= 4 is 130 Å². The maximum absolute atomic E-state index is 12.7. The third kappa shape index (κ3) is 16.3. The van der Waals surface area contributed by atoms with E-state index < -0.39 is 29.4 Å². The molecule has 23 rings (SSSR count). The summed E-state index contributed by atoms with van der Waals surface area (Å²) in [6.07, 6.45) is 11.8. The minimum atomic E-state index is -3.79. The van der Waals surface area contributed by atoms with Crippen molar-refractivity contribution in [1.82, 2.24) is 11.9 Å². The van der Waals surface area contributed by atoms with Gasteiger partial charge in [0.25, 0.3) is 0 Å². The van der Waals surface area contributed by atoms with Gasteiger partial charge in [-0.3, -0.25) is 4.99 Å². The molecule has 14 bridgehead atoms. The van der Waals surface area contributed by atoms with E-state index in [1.54, 1.807) is 0 Å². The summed E-state index contributed by atoms with van der Waals surface area (Å²) >= 11 is -3.79. The van der Waals surface area contributed by atoms with Gasteiger partial charge in [0.1, 0.15) is 0 Å². The zero-order chi connectivity index (χ0) is 82.0. The Morgan fingerprint density at radius 3 is 1.19 bits per heavy atom. The number of aromatic nitrogens is 2. The molecule has 0 saturated carbocycles. The second-order valence-corrected chi connectivity index (χ2v) is 41.3. The Kier molecular flexibility index (Phi) is 21.7. The first-order chi connectivity index (χ1) is 56.4. The van der Waals surface area contributed by atoms with Crippen LogP contribution >= 0.6 is 0 Å². The van der Waals surface area contributed by atoms with Crippen LogP contribution in [0.5, 0.6) is 0 Å². The summed E-state index contributed by atoms with van der Waals surface area (Å²) in [5.74, 6) is 5.69. The summed E-state index contributed by atoms with van der Waals surface area (Å²) in [5.41, 5.74) is 13.7. The molecular weight excluding hydrogens is 1570 g/mol. The van der Waals surface area contributed by atoms with Crippen molar-refractivity contribution in [3.8, 4) is 0 Å². The van der Waals surface area contributed by atoms with Crippen molar-refractivity contribution in [2.75, 3.05) is 0 Å². The molecule has 4 atom stereocenters. The van der Waals surface area contributed by atoms with Gasteiger partial charge < -0.3 is 30.8 Å². The largest absolute Gasteiger partial charge is 2.00 e. The normalized spacial score (nSPS) is 18.4. The fourth-order valence-electron chi connectivity index (χ4n) is 15.5. The summed E-state index contributed by atoms with van der Waals surface area (Å²) in [6, 6.07) is 70.5. The molecule has 12 aromatic rings. The van der Waals surface area contributed by atoms with Crippen molar-refractivity contribution in [3.05, 3.63) is 336 Å². The van der Waals surface area contributed by atoms with E-state index in [1.165, 1.54) is 0 Å². The smallest absolute Gasteiger partial charge is 2.00 e. The number of hydrogen-bond donors (Lipinski definition) is 1. The molecule has 2 N–H and O–H groups in total. The summed E-state index contributed by atoms with van der Waals surface area (Å²) in [6.45, 7) is 35.0. The van der Waals surface area contributed by atoms with Crippen molar-refractivity contribution in [3.63, 3.8) is 0 Å². The molecule has 18 nitrogen and oxygen atoms in total. The molecule has 594 valence electrons. The number of nitrogens with zero attached hydrogens (tertiary/aromatic N) is 16. The molecule has 0 amide bonds. The van der Waals surface area contributed by atoms with Gasteiger partial charge in [-0.25, -0.2) is 9.98 Å². The molecule has 2 aliphatic carbocycles. The Morgan fingerprint density at radius 1 is 0.358 bits per heavy atom. The maximum atomic E-state index is 12.7. The van der Waals surface area contributed by atoms with Crippen molar-refractivity contribution in [2.45, 2.75) is 123 Å². The minimum Gasteiger partial charge on any atom is 2.00 e. The van der Waals surface area contributed by atoms with Crippen LogP contribution in [-0.2, 0) is 21.7 Å². The molecule has 120 heavy (non-hydrogen) atoms. The molecule has 2 aromatic heterocycles. The molecule has 20 heteroatoms. The first-order valence-corrected chi connectivity index (χ1v) is 43.9. The number of allylic oxidation sites excluding steroid dienone is 3. The number of fused-ring (bicyclic) bond motifs is 34. The van der Waals surface area contributed by atoms with E-state index >= 15 is 0 Å². The molecule has 9 aliphatic heterocycles. The maximum Gasteiger partial charge on any atom is 2.00 e. The number of amidine groups is 8. The standard InChI is InChI=1S/C48H26N8.C32H18N8.4C5H12.Ga.2H2O.Ti/c1-2-10-26-18-34-33(17-25(26)9-1)41-49-42(34)54-44-37-21-29-13-5-6-14-30(29)22-38(37)46(51-44)56-48-40-24-32-16-8-7-15-31(32)23-39(40)47(52-48)55-45-36-20-28-12-4-3-11-27(28)19-35(36)43(50-45)53-41;1-2-10-18-17(9-1)25-33-26(18)38-28-21-13-5-6-14-22(21)30(35-28)40-32-24-16-8-7-15-23(24)31(36-32)39-29-20-12-4-3-11-19(20)27(34-29)37-25;4*1-5(2,3)4;;;;/h1-24,33,41H;1-17,25H;4*1-4H3;;2*1H2;/q2*-2;;;;;+3;;;+2/p-2. The molecular formula is C100H94GaN16O2Ti-. The summed E-state index contributed by atoms with van der Waals surface area (Å²) < 4.78 is 16.7. The van der Waals surface area contributed by atoms with Crippen molar-refractivity contribution in [1.29, 1.82) is 0 Å². The average molecular weight is 1670 g/mol. The Labute approximate surface area is 719 Å². The van der Waals surface area contributed by atoms with Gasteiger partial charge in [0.05, 0.1) is 23.7 Å². The van der Waals surface area contributed by atoms with E-state index in [-0.39, 0.29) is 39.0 Å². The molecule has 4 unspecified atom stereocenters. The summed E-state index contributed by atoms with van der Waals surface area (Å²) in [7, 11) is 0. The molecule has 0 radical (unpaired) electrons. The fourth-order valence-corrected chi connectivity index (χ4v) is 19.8. The third-order valence-corrected chi connectivity index (χ3v) is 24.3. The van der Waals surface area contributed by atoms with Crippen LogP contribution in [0.15, 0.2) is 313 Å². The summed E-state index contributed by atoms with van der Waals surface area (Å²) in [5, 5.41) is 17.7. The average Bonchev–Trinajstić information content (AvgIpc) is 1.56. The second kappa shape index (κ2) is 31.7. The zero-order valence-electron chi connectivity index (χ0n) is 70.5. The SMILES string of the molecule is C1=c2ccccc2=CC2C1=C1N=C3N=C(N=c4[n-]c(c5cc6ccccc6cc45)=NC4=NC(=NC2[N-]1)c1cc2ccccc2cc14)c1cc2ccccc2cc13.CC(C)(C)C.CC(C)(C)C.CC(C)(C)C.CC(C)(C)C.[OH-].[OH][Ga]1[N]2C3=C4C=CC=CC4C2N=C2N=C(N=c4c5ccccc5c([n]41)=NC1=NC(=N3)c3ccccc31)c1ccccc12.[Ti+2]. The van der Waals surface area contributed by atoms with Crippen molar-refractivity contribution in [2.24, 2.45) is 93.4 Å². The monoisotopic (exact) mass is 1670 g/mol. The van der Waals surface area contributed by atoms with E-state index in [0.29, 0.717) is 102 Å². The van der Waals surface area contributed by atoms with Crippen LogP contribution in [0, 0.1) is 33.5 Å². The molecule has 0 fully saturated rings. The quantitative estimate of drug-likeness (QED) is 0.146. The first kappa shape index (κ1) is 81.9. The molecule has 0 spiro atoms. The van der Waals surface area contributed by atoms with Crippen LogP contribution < -0.4 is 37.4 Å². The van der Waals surface area contributed by atoms with Crippen molar-refractivity contribution < 1.29 is 31.1 Å². The zero-order valence-corrected chi connectivity index (χ0v) is 74.5. The van der Waals surface area contributed by atoms with Crippen LogP contribution in [0.1, 0.15) is 155 Å². The number of rotatable bonds is 0. The third-order valence-electron chi connectivity index (χ3n) is 20.1. The Morgan fingerprint density at radius 2 is 0.725 bits per heavy atom. The van der Waals surface area contributed by atoms with Gasteiger partial charge in [-0.05, 0) is 117 Å². The van der Waals surface area contributed by atoms with Crippen LogP contribution in [0.3, 0.4) is 0 Å². The first-order valence-electron chi connectivity index (χ1n) is 40.6. The topological polar surface area (TPSA) is 235 Å². The Bertz CT molecular complexity index is 7030. The van der Waals surface area contributed by atoms with E-state index in [9.17, 15) is 3.90 Å². The van der Waals surface area contributed by atoms with Gasteiger partial charge in [0.15, 0.2) is 5.84 Å². The van der Waals surface area contributed by atoms with Gasteiger partial charge in [-0.2, -0.15) is 0 Å². The number of benzene rings is 10. The van der Waals surface area contributed by atoms with Gasteiger partial charge >= 0.3 is 267 Å².